The molecule has 0 spiro atoms. The highest BCUT2D eigenvalue weighted by atomic mass is 32.1. The first-order valence-electron chi connectivity index (χ1n) is 7.67. The first-order chi connectivity index (χ1) is 11.7. The molecule has 0 aliphatic heterocycles. The fourth-order valence-electron chi connectivity index (χ4n) is 2.48. The Balaban J connectivity index is 1.69. The zero-order chi connectivity index (χ0) is 16.8. The van der Waals surface area contributed by atoms with E-state index in [2.05, 4.69) is 45.1 Å². The summed E-state index contributed by atoms with van der Waals surface area (Å²) in [5.41, 5.74) is 2.33. The monoisotopic (exact) mass is 338 g/mol. The molecule has 122 valence electrons. The minimum atomic E-state index is -0.275. The molecule has 0 atom stereocenters. The maximum atomic E-state index is 12.1. The van der Waals surface area contributed by atoms with E-state index in [0.717, 1.165) is 16.1 Å². The van der Waals surface area contributed by atoms with Crippen LogP contribution in [0.15, 0.2) is 60.7 Å². The smallest absolute Gasteiger partial charge is 0.321 e. The zero-order valence-corrected chi connectivity index (χ0v) is 14.1. The van der Waals surface area contributed by atoms with E-state index in [-0.39, 0.29) is 11.9 Å². The highest BCUT2D eigenvalue weighted by molar-refractivity contribution is 7.15. The Morgan fingerprint density at radius 1 is 1.00 bits per heavy atom. The van der Waals surface area contributed by atoms with Crippen molar-refractivity contribution in [2.75, 3.05) is 11.9 Å². The fraction of sp³-hybridized carbons (Fsp3) is 0.167. The molecule has 0 radical (unpaired) electrons. The number of hydrogen-bond donors (Lipinski definition) is 2. The second-order valence-corrected chi connectivity index (χ2v) is 6.52. The molecule has 2 amide bonds. The number of anilines is 1. The number of urea groups is 1. The van der Waals surface area contributed by atoms with Gasteiger partial charge in [-0.3, -0.25) is 5.32 Å². The number of hydrogen-bond acceptors (Lipinski definition) is 4. The molecule has 0 bridgehead atoms. The van der Waals surface area contributed by atoms with Gasteiger partial charge in [0.2, 0.25) is 5.13 Å². The molecule has 1 heterocycles. The number of nitrogens with one attached hydrogen (secondary N) is 2. The van der Waals surface area contributed by atoms with Crippen molar-refractivity contribution < 1.29 is 4.79 Å². The van der Waals surface area contributed by atoms with Crippen LogP contribution in [-0.2, 0) is 0 Å². The van der Waals surface area contributed by atoms with Crippen molar-refractivity contribution in [3.05, 3.63) is 76.8 Å². The quantitative estimate of drug-likeness (QED) is 0.743. The first kappa shape index (κ1) is 16.1. The summed E-state index contributed by atoms with van der Waals surface area (Å²) in [6.07, 6.45) is 0. The van der Waals surface area contributed by atoms with Crippen molar-refractivity contribution in [1.29, 1.82) is 0 Å². The van der Waals surface area contributed by atoms with Crippen LogP contribution in [0.25, 0.3) is 0 Å². The van der Waals surface area contributed by atoms with Gasteiger partial charge in [0, 0.05) is 12.5 Å². The lowest BCUT2D eigenvalue weighted by atomic mass is 9.91. The summed E-state index contributed by atoms with van der Waals surface area (Å²) in [4.78, 5) is 12.1. The number of carbonyl (C=O) groups is 1. The van der Waals surface area contributed by atoms with Crippen molar-refractivity contribution in [2.45, 2.75) is 12.8 Å². The molecule has 1 aromatic heterocycles. The van der Waals surface area contributed by atoms with Gasteiger partial charge in [-0.15, -0.1) is 10.2 Å². The summed E-state index contributed by atoms with van der Waals surface area (Å²) >= 11 is 1.35. The Morgan fingerprint density at radius 3 is 2.08 bits per heavy atom. The van der Waals surface area contributed by atoms with E-state index >= 15 is 0 Å². The molecule has 0 unspecified atom stereocenters. The molecular weight excluding hydrogens is 320 g/mol. The third-order valence-corrected chi connectivity index (χ3v) is 4.37. The lowest BCUT2D eigenvalue weighted by Crippen LogP contribution is -2.32. The van der Waals surface area contributed by atoms with E-state index < -0.39 is 0 Å². The summed E-state index contributed by atoms with van der Waals surface area (Å²) in [5, 5.41) is 14.7. The topological polar surface area (TPSA) is 66.9 Å². The average molecular weight is 338 g/mol. The molecule has 0 fully saturated rings. The fourth-order valence-corrected chi connectivity index (χ4v) is 3.07. The normalized spacial score (nSPS) is 10.6. The maximum Gasteiger partial charge on any atom is 0.321 e. The Labute approximate surface area is 144 Å². The van der Waals surface area contributed by atoms with E-state index in [9.17, 15) is 4.79 Å². The van der Waals surface area contributed by atoms with E-state index in [1.165, 1.54) is 11.3 Å². The van der Waals surface area contributed by atoms with Gasteiger partial charge in [0.25, 0.3) is 0 Å². The van der Waals surface area contributed by atoms with Gasteiger partial charge in [0.1, 0.15) is 5.01 Å². The highest BCUT2D eigenvalue weighted by Crippen LogP contribution is 2.23. The largest absolute Gasteiger partial charge is 0.337 e. The van der Waals surface area contributed by atoms with Crippen LogP contribution in [0, 0.1) is 6.92 Å². The SMILES string of the molecule is Cc1nnc(NC(=O)NCC(c2ccccc2)c2ccccc2)s1. The van der Waals surface area contributed by atoms with Gasteiger partial charge < -0.3 is 5.32 Å². The zero-order valence-electron chi connectivity index (χ0n) is 13.3. The summed E-state index contributed by atoms with van der Waals surface area (Å²) in [5.74, 6) is 0.0920. The molecule has 3 aromatic rings. The van der Waals surface area contributed by atoms with Crippen LogP contribution in [0.1, 0.15) is 22.1 Å². The molecule has 3 rings (SSSR count). The van der Waals surface area contributed by atoms with Gasteiger partial charge in [-0.2, -0.15) is 0 Å². The molecule has 0 aliphatic carbocycles. The van der Waals surface area contributed by atoms with E-state index in [1.54, 1.807) is 0 Å². The maximum absolute atomic E-state index is 12.1. The van der Waals surface area contributed by atoms with Gasteiger partial charge in [-0.1, -0.05) is 72.0 Å². The third-order valence-electron chi connectivity index (χ3n) is 3.62. The summed E-state index contributed by atoms with van der Waals surface area (Å²) in [6.45, 7) is 2.35. The van der Waals surface area contributed by atoms with Crippen LogP contribution in [0.2, 0.25) is 0 Å². The van der Waals surface area contributed by atoms with Crippen LogP contribution in [0.3, 0.4) is 0 Å². The van der Waals surface area contributed by atoms with Gasteiger partial charge in [0.05, 0.1) is 0 Å². The molecule has 0 saturated heterocycles. The van der Waals surface area contributed by atoms with Crippen LogP contribution < -0.4 is 10.6 Å². The number of aryl methyl sites for hydroxylation is 1. The second kappa shape index (κ2) is 7.70. The van der Waals surface area contributed by atoms with E-state index in [0.29, 0.717) is 11.7 Å². The van der Waals surface area contributed by atoms with Crippen LogP contribution >= 0.6 is 11.3 Å². The van der Waals surface area contributed by atoms with Crippen LogP contribution in [0.4, 0.5) is 9.93 Å². The van der Waals surface area contributed by atoms with Crippen molar-refractivity contribution in [3.8, 4) is 0 Å². The summed E-state index contributed by atoms with van der Waals surface area (Å²) in [7, 11) is 0. The Kier molecular flexibility index (Phi) is 5.18. The Morgan fingerprint density at radius 2 is 1.58 bits per heavy atom. The molecule has 2 N–H and O–H groups in total. The minimum Gasteiger partial charge on any atom is -0.337 e. The number of carbonyl (C=O) groups excluding carboxylic acids is 1. The number of amides is 2. The lowest BCUT2D eigenvalue weighted by molar-refractivity contribution is 0.252. The van der Waals surface area contributed by atoms with Crippen LogP contribution in [0.5, 0.6) is 0 Å². The molecule has 6 heteroatoms. The van der Waals surface area contributed by atoms with Crippen LogP contribution in [-0.4, -0.2) is 22.8 Å². The van der Waals surface area contributed by atoms with Crippen molar-refractivity contribution >= 4 is 22.5 Å². The Hall–Kier alpha value is -2.73. The average Bonchev–Trinajstić information content (AvgIpc) is 3.02. The Bertz CT molecular complexity index is 750. The predicted molar refractivity (Wildman–Crippen MR) is 96.4 cm³/mol. The highest BCUT2D eigenvalue weighted by Gasteiger charge is 2.15. The van der Waals surface area contributed by atoms with E-state index in [1.807, 2.05) is 43.3 Å². The standard InChI is InChI=1S/C18H18N4OS/c1-13-21-22-18(24-13)20-17(23)19-12-16(14-8-4-2-5-9-14)15-10-6-3-7-11-15/h2-11,16H,12H2,1H3,(H2,19,20,22,23). The van der Waals surface area contributed by atoms with Gasteiger partial charge in [-0.05, 0) is 18.1 Å². The van der Waals surface area contributed by atoms with Gasteiger partial charge in [-0.25, -0.2) is 4.79 Å². The molecule has 0 aliphatic rings. The molecule has 0 saturated carbocycles. The van der Waals surface area contributed by atoms with Crippen molar-refractivity contribution in [2.24, 2.45) is 0 Å². The number of rotatable bonds is 5. The molecule has 2 aromatic carbocycles. The molecule has 24 heavy (non-hydrogen) atoms. The predicted octanol–water partition coefficient (Wildman–Crippen LogP) is 3.80. The van der Waals surface area contributed by atoms with Gasteiger partial charge in [0.15, 0.2) is 0 Å². The number of benzene rings is 2. The van der Waals surface area contributed by atoms with E-state index in [4.69, 9.17) is 0 Å². The van der Waals surface area contributed by atoms with Crippen molar-refractivity contribution in [3.63, 3.8) is 0 Å². The third kappa shape index (κ3) is 4.17. The second-order valence-electron chi connectivity index (χ2n) is 5.34. The van der Waals surface area contributed by atoms with Gasteiger partial charge >= 0.3 is 6.03 Å². The minimum absolute atomic E-state index is 0.0920. The molecule has 5 nitrogen and oxygen atoms in total. The summed E-state index contributed by atoms with van der Waals surface area (Å²) in [6, 6.07) is 20.0. The van der Waals surface area contributed by atoms with Crippen molar-refractivity contribution in [1.82, 2.24) is 15.5 Å². The lowest BCUT2D eigenvalue weighted by Gasteiger charge is -2.18. The molecular formula is C18H18N4OS. The summed E-state index contributed by atoms with van der Waals surface area (Å²) < 4.78 is 0. The number of nitrogens with zero attached hydrogens (tertiary/aromatic N) is 2. The first-order valence-corrected chi connectivity index (χ1v) is 8.49. The number of aromatic nitrogens is 2.